The van der Waals surface area contributed by atoms with Crippen LogP contribution in [0.15, 0.2) is 24.1 Å². The minimum Gasteiger partial charge on any atom is -0.513 e. The summed E-state index contributed by atoms with van der Waals surface area (Å²) in [4.78, 5) is 23.6. The number of rotatable bonds is 10. The van der Waals surface area contributed by atoms with E-state index in [9.17, 15) is 9.59 Å². The minimum absolute atomic E-state index is 0.108. The van der Waals surface area contributed by atoms with Gasteiger partial charge in [0.1, 0.15) is 0 Å². The standard InChI is InChI=1S/C17H28N2O4/c1-3-6-14(18-10-7-13(2)20)12-19-16(23)17(11-15(21)22)8-4-5-9-17/h6,18,20H,2-5,7-12H2,1H3,(H,19,23)(H,21,22)/b14-6+. The van der Waals surface area contributed by atoms with Crippen LogP contribution in [0, 0.1) is 5.41 Å². The number of aliphatic carboxylic acids is 1. The van der Waals surface area contributed by atoms with Crippen LogP contribution < -0.4 is 10.6 Å². The predicted octanol–water partition coefficient (Wildman–Crippen LogP) is 2.48. The molecule has 0 bridgehead atoms. The number of carboxylic acids is 1. The SMILES string of the molecule is C=C(O)CCN/C(=C/CC)CNC(=O)C1(CC(=O)O)CCCC1. The van der Waals surface area contributed by atoms with E-state index in [1.807, 2.05) is 13.0 Å². The summed E-state index contributed by atoms with van der Waals surface area (Å²) in [5.74, 6) is -0.984. The van der Waals surface area contributed by atoms with Crippen LogP contribution >= 0.6 is 0 Å². The predicted molar refractivity (Wildman–Crippen MR) is 88.9 cm³/mol. The fourth-order valence-corrected chi connectivity index (χ4v) is 3.01. The van der Waals surface area contributed by atoms with E-state index in [4.69, 9.17) is 10.2 Å². The zero-order valence-corrected chi connectivity index (χ0v) is 13.9. The average Bonchev–Trinajstić information content (AvgIpc) is 2.93. The molecule has 23 heavy (non-hydrogen) atoms. The summed E-state index contributed by atoms with van der Waals surface area (Å²) in [5, 5.41) is 24.2. The molecule has 1 fully saturated rings. The molecule has 0 atom stereocenters. The van der Waals surface area contributed by atoms with Gasteiger partial charge in [0.2, 0.25) is 5.91 Å². The van der Waals surface area contributed by atoms with E-state index in [1.54, 1.807) is 0 Å². The number of carbonyl (C=O) groups is 2. The van der Waals surface area contributed by atoms with Gasteiger partial charge in [-0.3, -0.25) is 9.59 Å². The number of carboxylic acid groups (broad SMARTS) is 1. The average molecular weight is 324 g/mol. The lowest BCUT2D eigenvalue weighted by molar-refractivity contribution is -0.145. The summed E-state index contributed by atoms with van der Waals surface area (Å²) in [6, 6.07) is 0. The van der Waals surface area contributed by atoms with Gasteiger partial charge >= 0.3 is 5.97 Å². The number of carbonyl (C=O) groups excluding carboxylic acids is 1. The number of amides is 1. The number of allylic oxidation sites excluding steroid dienone is 1. The zero-order chi connectivity index (χ0) is 17.3. The Labute approximate surface area is 137 Å². The van der Waals surface area contributed by atoms with Crippen molar-refractivity contribution in [1.82, 2.24) is 10.6 Å². The van der Waals surface area contributed by atoms with E-state index in [2.05, 4.69) is 17.2 Å². The highest BCUT2D eigenvalue weighted by atomic mass is 16.4. The molecule has 1 aliphatic carbocycles. The third kappa shape index (κ3) is 6.34. The normalized spacial score (nSPS) is 16.8. The van der Waals surface area contributed by atoms with E-state index in [-0.39, 0.29) is 18.1 Å². The van der Waals surface area contributed by atoms with E-state index in [0.717, 1.165) is 25.0 Å². The molecule has 0 saturated heterocycles. The summed E-state index contributed by atoms with van der Waals surface area (Å²) < 4.78 is 0. The topological polar surface area (TPSA) is 98.7 Å². The lowest BCUT2D eigenvalue weighted by Gasteiger charge is -2.26. The van der Waals surface area contributed by atoms with Crippen LogP contribution in [0.4, 0.5) is 0 Å². The molecule has 0 radical (unpaired) electrons. The highest BCUT2D eigenvalue weighted by molar-refractivity contribution is 5.87. The molecule has 4 N–H and O–H groups in total. The van der Waals surface area contributed by atoms with E-state index < -0.39 is 11.4 Å². The first-order valence-electron chi connectivity index (χ1n) is 8.19. The summed E-state index contributed by atoms with van der Waals surface area (Å²) in [7, 11) is 0. The Bertz CT molecular complexity index is 465. The first-order chi connectivity index (χ1) is 10.9. The minimum atomic E-state index is -0.925. The lowest BCUT2D eigenvalue weighted by atomic mass is 9.81. The van der Waals surface area contributed by atoms with Crippen LogP contribution in [0.2, 0.25) is 0 Å². The van der Waals surface area contributed by atoms with Gasteiger partial charge in [-0.1, -0.05) is 32.4 Å². The molecular formula is C17H28N2O4. The van der Waals surface area contributed by atoms with Crippen LogP contribution in [0.1, 0.15) is 51.9 Å². The lowest BCUT2D eigenvalue weighted by Crippen LogP contribution is -2.42. The molecular weight excluding hydrogens is 296 g/mol. The second kappa shape index (κ2) is 9.22. The van der Waals surface area contributed by atoms with Crippen molar-refractivity contribution in [3.05, 3.63) is 24.1 Å². The molecule has 6 nitrogen and oxygen atoms in total. The second-order valence-corrected chi connectivity index (χ2v) is 6.12. The van der Waals surface area contributed by atoms with Gasteiger partial charge in [0, 0.05) is 18.7 Å². The van der Waals surface area contributed by atoms with Crippen LogP contribution in [0.25, 0.3) is 0 Å². The number of hydrogen-bond acceptors (Lipinski definition) is 4. The van der Waals surface area contributed by atoms with Crippen molar-refractivity contribution < 1.29 is 19.8 Å². The van der Waals surface area contributed by atoms with Gasteiger partial charge < -0.3 is 20.8 Å². The first kappa shape index (κ1) is 19.1. The molecule has 1 rings (SSSR count). The van der Waals surface area contributed by atoms with E-state index in [1.165, 1.54) is 0 Å². The Hall–Kier alpha value is -1.98. The Morgan fingerprint density at radius 2 is 1.87 bits per heavy atom. The van der Waals surface area contributed by atoms with Crippen LogP contribution in [-0.4, -0.2) is 35.2 Å². The van der Waals surface area contributed by atoms with Crippen molar-refractivity contribution in [2.24, 2.45) is 5.41 Å². The quantitative estimate of drug-likeness (QED) is 0.463. The molecule has 130 valence electrons. The van der Waals surface area contributed by atoms with Crippen molar-refractivity contribution in [1.29, 1.82) is 0 Å². The Morgan fingerprint density at radius 1 is 1.22 bits per heavy atom. The third-order valence-electron chi connectivity index (χ3n) is 4.19. The largest absolute Gasteiger partial charge is 0.513 e. The fraction of sp³-hybridized carbons (Fsp3) is 0.647. The fourth-order valence-electron chi connectivity index (χ4n) is 3.01. The first-order valence-corrected chi connectivity index (χ1v) is 8.19. The number of hydrogen-bond donors (Lipinski definition) is 4. The number of nitrogens with one attached hydrogen (secondary N) is 2. The summed E-state index contributed by atoms with van der Waals surface area (Å²) in [6.07, 6.45) is 6.19. The molecule has 1 aliphatic rings. The van der Waals surface area contributed by atoms with Crippen LogP contribution in [0.5, 0.6) is 0 Å². The van der Waals surface area contributed by atoms with Gasteiger partial charge in [-0.15, -0.1) is 0 Å². The molecule has 0 aliphatic heterocycles. The monoisotopic (exact) mass is 324 g/mol. The van der Waals surface area contributed by atoms with E-state index >= 15 is 0 Å². The number of aliphatic hydroxyl groups excluding tert-OH is 1. The molecule has 1 saturated carbocycles. The van der Waals surface area contributed by atoms with Gasteiger partial charge in [-0.05, 0) is 19.3 Å². The Morgan fingerprint density at radius 3 is 2.39 bits per heavy atom. The summed E-state index contributed by atoms with van der Waals surface area (Å²) in [6.45, 7) is 6.31. The highest BCUT2D eigenvalue weighted by Crippen LogP contribution is 2.41. The van der Waals surface area contributed by atoms with Gasteiger partial charge in [0.05, 0.1) is 24.1 Å². The Kier molecular flexibility index (Phi) is 7.65. The van der Waals surface area contributed by atoms with Crippen molar-refractivity contribution >= 4 is 11.9 Å². The molecule has 0 spiro atoms. The molecule has 0 aromatic carbocycles. The second-order valence-electron chi connectivity index (χ2n) is 6.12. The van der Waals surface area contributed by atoms with Gasteiger partial charge in [0.25, 0.3) is 0 Å². The molecule has 0 unspecified atom stereocenters. The molecule has 0 aromatic rings. The zero-order valence-electron chi connectivity index (χ0n) is 13.9. The van der Waals surface area contributed by atoms with Gasteiger partial charge in [0.15, 0.2) is 0 Å². The van der Waals surface area contributed by atoms with Crippen LogP contribution in [-0.2, 0) is 9.59 Å². The van der Waals surface area contributed by atoms with Crippen molar-refractivity contribution in [3.8, 4) is 0 Å². The maximum absolute atomic E-state index is 12.5. The maximum Gasteiger partial charge on any atom is 0.304 e. The molecule has 0 heterocycles. The highest BCUT2D eigenvalue weighted by Gasteiger charge is 2.42. The molecule has 0 aromatic heterocycles. The van der Waals surface area contributed by atoms with Crippen molar-refractivity contribution in [3.63, 3.8) is 0 Å². The van der Waals surface area contributed by atoms with Crippen molar-refractivity contribution in [2.45, 2.75) is 51.9 Å². The van der Waals surface area contributed by atoms with Gasteiger partial charge in [-0.25, -0.2) is 0 Å². The Balaban J connectivity index is 2.57. The van der Waals surface area contributed by atoms with Gasteiger partial charge in [-0.2, -0.15) is 0 Å². The maximum atomic E-state index is 12.5. The smallest absolute Gasteiger partial charge is 0.304 e. The van der Waals surface area contributed by atoms with Crippen LogP contribution in [0.3, 0.4) is 0 Å². The molecule has 6 heteroatoms. The van der Waals surface area contributed by atoms with Crippen molar-refractivity contribution in [2.75, 3.05) is 13.1 Å². The summed E-state index contributed by atoms with van der Waals surface area (Å²) >= 11 is 0. The summed E-state index contributed by atoms with van der Waals surface area (Å²) in [5.41, 5.74) is 0.105. The third-order valence-corrected chi connectivity index (χ3v) is 4.19. The number of aliphatic hydroxyl groups is 1. The molecule has 1 amide bonds. The van der Waals surface area contributed by atoms with E-state index in [0.29, 0.717) is 32.4 Å².